The molecule has 0 bridgehead atoms. The minimum atomic E-state index is -1.52. The quantitative estimate of drug-likeness (QED) is 0.577. The van der Waals surface area contributed by atoms with Gasteiger partial charge in [0.2, 0.25) is 0 Å². The van der Waals surface area contributed by atoms with Gasteiger partial charge in [0.05, 0.1) is 18.1 Å². The monoisotopic (exact) mass is 494 g/mol. The number of anilines is 1. The number of benzene rings is 1. The van der Waals surface area contributed by atoms with Crippen LogP contribution in [0.25, 0.3) is 0 Å². The number of ether oxygens (including phenoxy) is 3. The number of esters is 2. The summed E-state index contributed by atoms with van der Waals surface area (Å²) < 4.78 is 17.9. The van der Waals surface area contributed by atoms with Gasteiger partial charge in [-0.1, -0.05) is 50.3 Å². The topological polar surface area (TPSA) is 68.3 Å². The second-order valence-electron chi connectivity index (χ2n) is 11.3. The third-order valence-corrected chi connectivity index (χ3v) is 9.64. The molecule has 2 aliphatic carbocycles. The zero-order valence-electron chi connectivity index (χ0n) is 21.3. The van der Waals surface area contributed by atoms with Crippen molar-refractivity contribution in [3.63, 3.8) is 0 Å². The second kappa shape index (κ2) is 9.49. The molecule has 7 heteroatoms. The molecule has 4 unspecified atom stereocenters. The van der Waals surface area contributed by atoms with Gasteiger partial charge in [0, 0.05) is 44.1 Å². The molecule has 0 amide bonds. The summed E-state index contributed by atoms with van der Waals surface area (Å²) in [4.78, 5) is 30.0. The first-order chi connectivity index (χ1) is 17.5. The Bertz CT molecular complexity index is 982. The maximum absolute atomic E-state index is 12.6. The number of carbonyl (C=O) groups excluding carboxylic acids is 2. The lowest BCUT2D eigenvalue weighted by Crippen LogP contribution is -2.65. The molecular weight excluding hydrogens is 456 g/mol. The van der Waals surface area contributed by atoms with Crippen LogP contribution in [0.4, 0.5) is 5.69 Å². The molecule has 0 radical (unpaired) electrons. The number of likely N-dealkylation sites (tertiary alicyclic amines) is 1. The van der Waals surface area contributed by atoms with Gasteiger partial charge in [-0.05, 0) is 49.7 Å². The summed E-state index contributed by atoms with van der Waals surface area (Å²) in [6, 6.07) is 10.6. The molecule has 36 heavy (non-hydrogen) atoms. The largest absolute Gasteiger partial charge is 0.400 e. The third kappa shape index (κ3) is 3.95. The van der Waals surface area contributed by atoms with Gasteiger partial charge in [0.25, 0.3) is 0 Å². The van der Waals surface area contributed by atoms with Crippen LogP contribution < -0.4 is 4.90 Å². The standard InChI is InChI=1S/C29H38N2O5/c1-34-25-20-29(35-26(32)13-14-27(33)36-29)31(22-10-6-4-7-11-22)28(25)15-17-30(18-16-28)24-19-21-9-5-2-3-8-12-23(21)24/h4,6-7,10-11,13-14,21,23-25H,2-3,5,8-9,12,15-20H2,1H3. The lowest BCUT2D eigenvalue weighted by molar-refractivity contribution is -0.219. The molecule has 4 fully saturated rings. The molecule has 2 spiro atoms. The zero-order chi connectivity index (χ0) is 24.8. The number of hydrogen-bond acceptors (Lipinski definition) is 7. The van der Waals surface area contributed by atoms with E-state index in [1.165, 1.54) is 44.9 Å². The molecule has 3 heterocycles. The van der Waals surface area contributed by atoms with Gasteiger partial charge in [-0.2, -0.15) is 0 Å². The van der Waals surface area contributed by atoms with Gasteiger partial charge >= 0.3 is 17.8 Å². The number of fused-ring (bicyclic) bond motifs is 1. The van der Waals surface area contributed by atoms with E-state index in [-0.39, 0.29) is 12.5 Å². The SMILES string of the molecule is COC1CC2(OC(=O)C=CC(=O)O2)N(c2ccccc2)C12CCN(C1CC3CCCCCCC31)CC2. The predicted octanol–water partition coefficient (Wildman–Crippen LogP) is 4.42. The van der Waals surface area contributed by atoms with Gasteiger partial charge in [0.15, 0.2) is 0 Å². The molecular formula is C29H38N2O5. The van der Waals surface area contributed by atoms with Crippen LogP contribution in [0.3, 0.4) is 0 Å². The highest BCUT2D eigenvalue weighted by Crippen LogP contribution is 2.54. The molecule has 3 aliphatic heterocycles. The van der Waals surface area contributed by atoms with E-state index in [1.807, 2.05) is 30.3 Å². The second-order valence-corrected chi connectivity index (χ2v) is 11.3. The highest BCUT2D eigenvalue weighted by molar-refractivity contribution is 5.93. The highest BCUT2D eigenvalue weighted by Gasteiger charge is 2.66. The van der Waals surface area contributed by atoms with Crippen molar-refractivity contribution < 1.29 is 23.8 Å². The first kappa shape index (κ1) is 24.0. The molecule has 6 rings (SSSR count). The maximum atomic E-state index is 12.6. The van der Waals surface area contributed by atoms with Crippen molar-refractivity contribution in [2.45, 2.75) is 87.8 Å². The molecule has 7 nitrogen and oxygen atoms in total. The van der Waals surface area contributed by atoms with Crippen LogP contribution in [-0.2, 0) is 23.8 Å². The van der Waals surface area contributed by atoms with Crippen LogP contribution in [0.2, 0.25) is 0 Å². The van der Waals surface area contributed by atoms with Crippen LogP contribution in [0.1, 0.15) is 64.2 Å². The van der Waals surface area contributed by atoms with Crippen LogP contribution in [0, 0.1) is 11.8 Å². The number of hydrogen-bond donors (Lipinski definition) is 0. The van der Waals surface area contributed by atoms with Gasteiger partial charge in [-0.3, -0.25) is 9.80 Å². The first-order valence-electron chi connectivity index (χ1n) is 13.8. The third-order valence-electron chi connectivity index (χ3n) is 9.64. The minimum absolute atomic E-state index is 0.242. The van der Waals surface area contributed by atoms with Crippen molar-refractivity contribution in [1.82, 2.24) is 4.90 Å². The van der Waals surface area contributed by atoms with Crippen LogP contribution >= 0.6 is 0 Å². The summed E-state index contributed by atoms with van der Waals surface area (Å²) in [6.07, 6.45) is 13.7. The smallest absolute Gasteiger partial charge is 0.346 e. The molecule has 1 aromatic rings. The van der Waals surface area contributed by atoms with Crippen molar-refractivity contribution in [3.05, 3.63) is 42.5 Å². The Morgan fingerprint density at radius 2 is 1.58 bits per heavy atom. The fourth-order valence-corrected chi connectivity index (χ4v) is 7.93. The van der Waals surface area contributed by atoms with E-state index < -0.39 is 23.4 Å². The number of nitrogens with zero attached hydrogens (tertiary/aromatic N) is 2. The van der Waals surface area contributed by atoms with Crippen molar-refractivity contribution in [2.24, 2.45) is 11.8 Å². The maximum Gasteiger partial charge on any atom is 0.346 e. The summed E-state index contributed by atoms with van der Waals surface area (Å²) in [5.41, 5.74) is 0.429. The van der Waals surface area contributed by atoms with E-state index >= 15 is 0 Å². The predicted molar refractivity (Wildman–Crippen MR) is 135 cm³/mol. The molecule has 2 saturated carbocycles. The minimum Gasteiger partial charge on any atom is -0.400 e. The van der Waals surface area contributed by atoms with E-state index in [0.717, 1.165) is 55.6 Å². The number of piperidine rings is 1. The van der Waals surface area contributed by atoms with Crippen LogP contribution in [0.15, 0.2) is 42.5 Å². The first-order valence-corrected chi connectivity index (χ1v) is 13.8. The Morgan fingerprint density at radius 1 is 0.917 bits per heavy atom. The molecule has 0 aromatic heterocycles. The van der Waals surface area contributed by atoms with Gasteiger partial charge in [-0.25, -0.2) is 9.59 Å². The molecule has 4 atom stereocenters. The van der Waals surface area contributed by atoms with E-state index in [2.05, 4.69) is 9.80 Å². The average Bonchev–Trinajstić information content (AvgIpc) is 3.01. The number of para-hydroxylation sites is 1. The zero-order valence-corrected chi connectivity index (χ0v) is 21.3. The molecule has 194 valence electrons. The summed E-state index contributed by atoms with van der Waals surface area (Å²) in [7, 11) is 1.71. The fraction of sp³-hybridized carbons (Fsp3) is 0.655. The lowest BCUT2D eigenvalue weighted by Gasteiger charge is -2.56. The fourth-order valence-electron chi connectivity index (χ4n) is 7.93. The molecule has 5 aliphatic rings. The highest BCUT2D eigenvalue weighted by atomic mass is 16.8. The number of rotatable bonds is 3. The van der Waals surface area contributed by atoms with Crippen LogP contribution in [0.5, 0.6) is 0 Å². The number of methoxy groups -OCH3 is 1. The van der Waals surface area contributed by atoms with E-state index in [0.29, 0.717) is 6.04 Å². The van der Waals surface area contributed by atoms with Crippen molar-refractivity contribution in [1.29, 1.82) is 0 Å². The van der Waals surface area contributed by atoms with Gasteiger partial charge < -0.3 is 14.2 Å². The number of carbonyl (C=O) groups is 2. The Hall–Kier alpha value is -2.38. The van der Waals surface area contributed by atoms with Crippen molar-refractivity contribution in [3.8, 4) is 0 Å². The summed E-state index contributed by atoms with van der Waals surface area (Å²) in [5.74, 6) is -0.923. The Morgan fingerprint density at radius 3 is 2.25 bits per heavy atom. The Labute approximate surface area is 213 Å². The van der Waals surface area contributed by atoms with E-state index in [4.69, 9.17) is 14.2 Å². The van der Waals surface area contributed by atoms with E-state index in [9.17, 15) is 9.59 Å². The van der Waals surface area contributed by atoms with Gasteiger partial charge in [0.1, 0.15) is 0 Å². The Balaban J connectivity index is 1.29. The van der Waals surface area contributed by atoms with Crippen molar-refractivity contribution in [2.75, 3.05) is 25.1 Å². The summed E-state index contributed by atoms with van der Waals surface area (Å²) >= 11 is 0. The van der Waals surface area contributed by atoms with Crippen LogP contribution in [-0.4, -0.2) is 60.6 Å². The average molecular weight is 495 g/mol. The lowest BCUT2D eigenvalue weighted by atomic mass is 9.63. The molecule has 2 saturated heterocycles. The molecule has 1 aromatic carbocycles. The molecule has 0 N–H and O–H groups in total. The summed E-state index contributed by atoms with van der Waals surface area (Å²) in [5, 5.41) is 0. The van der Waals surface area contributed by atoms with Crippen molar-refractivity contribution >= 4 is 17.6 Å². The Kier molecular flexibility index (Phi) is 6.32. The van der Waals surface area contributed by atoms with Gasteiger partial charge in [-0.15, -0.1) is 0 Å². The summed E-state index contributed by atoms with van der Waals surface area (Å²) in [6.45, 7) is 1.93. The van der Waals surface area contributed by atoms with E-state index in [1.54, 1.807) is 7.11 Å². The normalized spacial score (nSPS) is 33.8.